The number of fused-ring (bicyclic) bond motifs is 1. The fourth-order valence-electron chi connectivity index (χ4n) is 2.48. The molecule has 1 aromatic rings. The third-order valence-corrected chi connectivity index (χ3v) is 3.85. The average Bonchev–Trinajstić information content (AvgIpc) is 3.09. The number of nitrogens with one attached hydrogen (secondary N) is 1. The van der Waals surface area contributed by atoms with Crippen LogP contribution < -0.4 is 14.8 Å². The Morgan fingerprint density at radius 3 is 3.05 bits per heavy atom. The van der Waals surface area contributed by atoms with Crippen molar-refractivity contribution in [3.63, 3.8) is 0 Å². The molecule has 2 aliphatic rings. The number of rotatable bonds is 3. The van der Waals surface area contributed by atoms with Crippen LogP contribution in [0.5, 0.6) is 11.5 Å². The van der Waals surface area contributed by atoms with E-state index in [2.05, 4.69) is 5.32 Å². The van der Waals surface area contributed by atoms with Crippen LogP contribution in [-0.4, -0.2) is 31.5 Å². The zero-order chi connectivity index (χ0) is 14.1. The summed E-state index contributed by atoms with van der Waals surface area (Å²) in [6, 6.07) is 3.20. The van der Waals surface area contributed by atoms with Gasteiger partial charge in [-0.2, -0.15) is 0 Å². The number of amides is 1. The summed E-state index contributed by atoms with van der Waals surface area (Å²) in [7, 11) is 0. The molecule has 1 N–H and O–H groups in total. The van der Waals surface area contributed by atoms with Gasteiger partial charge in [0.05, 0.1) is 17.2 Å². The van der Waals surface area contributed by atoms with Gasteiger partial charge in [0.1, 0.15) is 0 Å². The fraction of sp³-hybridized carbons (Fsp3) is 0.500. The van der Waals surface area contributed by atoms with Crippen molar-refractivity contribution in [2.75, 3.05) is 13.4 Å². The number of carbonyl (C=O) groups is 1. The Morgan fingerprint density at radius 2 is 2.30 bits per heavy atom. The molecule has 0 aromatic heterocycles. The monoisotopic (exact) mass is 297 g/mol. The molecule has 1 saturated heterocycles. The molecule has 1 fully saturated rings. The van der Waals surface area contributed by atoms with Gasteiger partial charge in [-0.05, 0) is 31.9 Å². The van der Waals surface area contributed by atoms with E-state index in [1.807, 2.05) is 6.92 Å². The Morgan fingerprint density at radius 1 is 1.45 bits per heavy atom. The highest BCUT2D eigenvalue weighted by atomic mass is 35.5. The molecule has 0 bridgehead atoms. The first kappa shape index (κ1) is 13.5. The number of hydrogen-bond acceptors (Lipinski definition) is 4. The minimum Gasteiger partial charge on any atom is -0.454 e. The summed E-state index contributed by atoms with van der Waals surface area (Å²) in [6.07, 6.45) is 2.10. The first-order valence-corrected chi connectivity index (χ1v) is 7.04. The highest BCUT2D eigenvalue weighted by Gasteiger charge is 2.25. The molecular weight excluding hydrogens is 282 g/mol. The minimum atomic E-state index is -0.187. The maximum Gasteiger partial charge on any atom is 0.251 e. The van der Waals surface area contributed by atoms with Crippen LogP contribution in [0.1, 0.15) is 30.1 Å². The second-order valence-electron chi connectivity index (χ2n) is 5.01. The molecule has 1 aromatic carbocycles. The van der Waals surface area contributed by atoms with Crippen LogP contribution in [0.25, 0.3) is 0 Å². The van der Waals surface area contributed by atoms with Crippen molar-refractivity contribution >= 4 is 17.5 Å². The number of hydrogen-bond donors (Lipinski definition) is 1. The lowest BCUT2D eigenvalue weighted by Gasteiger charge is -2.20. The molecule has 5 nitrogen and oxygen atoms in total. The van der Waals surface area contributed by atoms with Crippen molar-refractivity contribution in [3.8, 4) is 11.5 Å². The number of carbonyl (C=O) groups excluding carboxylic acids is 1. The quantitative estimate of drug-likeness (QED) is 0.930. The third kappa shape index (κ3) is 2.55. The first-order valence-electron chi connectivity index (χ1n) is 6.67. The van der Waals surface area contributed by atoms with E-state index >= 15 is 0 Å². The molecule has 2 unspecified atom stereocenters. The lowest BCUT2D eigenvalue weighted by Crippen LogP contribution is -2.40. The lowest BCUT2D eigenvalue weighted by molar-refractivity contribution is 0.0712. The van der Waals surface area contributed by atoms with Crippen LogP contribution in [0.15, 0.2) is 12.1 Å². The van der Waals surface area contributed by atoms with Gasteiger partial charge >= 0.3 is 0 Å². The maximum atomic E-state index is 12.2. The molecule has 6 heteroatoms. The molecule has 3 rings (SSSR count). The van der Waals surface area contributed by atoms with Gasteiger partial charge in [0, 0.05) is 12.2 Å². The number of ether oxygens (including phenoxy) is 3. The van der Waals surface area contributed by atoms with Crippen LogP contribution in [0.2, 0.25) is 5.02 Å². The second-order valence-corrected chi connectivity index (χ2v) is 5.41. The van der Waals surface area contributed by atoms with Crippen LogP contribution in [0.3, 0.4) is 0 Å². The summed E-state index contributed by atoms with van der Waals surface area (Å²) in [5, 5.41) is 3.32. The van der Waals surface area contributed by atoms with E-state index in [0.717, 1.165) is 19.4 Å². The summed E-state index contributed by atoms with van der Waals surface area (Å²) in [6.45, 7) is 2.84. The van der Waals surface area contributed by atoms with Crippen molar-refractivity contribution in [1.82, 2.24) is 5.32 Å². The smallest absolute Gasteiger partial charge is 0.251 e. The van der Waals surface area contributed by atoms with E-state index in [1.54, 1.807) is 12.1 Å². The molecule has 0 radical (unpaired) electrons. The third-order valence-electron chi connectivity index (χ3n) is 3.57. The second kappa shape index (κ2) is 5.50. The Labute approximate surface area is 122 Å². The lowest BCUT2D eigenvalue weighted by atomic mass is 10.1. The SMILES string of the molecule is CC(NC(=O)c1cc(Cl)c2c(c1)OCO2)C1CCCO1. The van der Waals surface area contributed by atoms with Crippen molar-refractivity contribution < 1.29 is 19.0 Å². The van der Waals surface area contributed by atoms with E-state index in [0.29, 0.717) is 22.1 Å². The summed E-state index contributed by atoms with van der Waals surface area (Å²) < 4.78 is 16.0. The van der Waals surface area contributed by atoms with E-state index in [9.17, 15) is 4.79 Å². The van der Waals surface area contributed by atoms with Gasteiger partial charge < -0.3 is 19.5 Å². The van der Waals surface area contributed by atoms with E-state index in [1.165, 1.54) is 0 Å². The Hall–Kier alpha value is -1.46. The van der Waals surface area contributed by atoms with Crippen LogP contribution in [0.4, 0.5) is 0 Å². The summed E-state index contributed by atoms with van der Waals surface area (Å²) in [5.41, 5.74) is 0.462. The molecule has 0 spiro atoms. The zero-order valence-corrected chi connectivity index (χ0v) is 11.9. The molecule has 108 valence electrons. The van der Waals surface area contributed by atoms with Gasteiger partial charge in [0.2, 0.25) is 6.79 Å². The van der Waals surface area contributed by atoms with Crippen molar-refractivity contribution in [3.05, 3.63) is 22.7 Å². The van der Waals surface area contributed by atoms with E-state index in [-0.39, 0.29) is 24.8 Å². The standard InChI is InChI=1S/C14H16ClNO4/c1-8(11-3-2-4-18-11)16-14(17)9-5-10(15)13-12(6-9)19-7-20-13/h5-6,8,11H,2-4,7H2,1H3,(H,16,17). The van der Waals surface area contributed by atoms with E-state index < -0.39 is 0 Å². The molecule has 2 aliphatic heterocycles. The van der Waals surface area contributed by atoms with Crippen LogP contribution in [-0.2, 0) is 4.74 Å². The van der Waals surface area contributed by atoms with E-state index in [4.69, 9.17) is 25.8 Å². The fourth-order valence-corrected chi connectivity index (χ4v) is 2.74. The molecule has 20 heavy (non-hydrogen) atoms. The van der Waals surface area contributed by atoms with Crippen LogP contribution >= 0.6 is 11.6 Å². The molecule has 1 amide bonds. The van der Waals surface area contributed by atoms with Crippen molar-refractivity contribution in [2.24, 2.45) is 0 Å². The van der Waals surface area contributed by atoms with Crippen molar-refractivity contribution in [1.29, 1.82) is 0 Å². The molecular formula is C14H16ClNO4. The van der Waals surface area contributed by atoms with Gasteiger partial charge in [-0.25, -0.2) is 0 Å². The predicted octanol–water partition coefficient (Wildman–Crippen LogP) is 2.37. The molecule has 2 atom stereocenters. The van der Waals surface area contributed by atoms with Gasteiger partial charge in [-0.3, -0.25) is 4.79 Å². The Balaban J connectivity index is 1.72. The van der Waals surface area contributed by atoms with Gasteiger partial charge in [0.25, 0.3) is 5.91 Å². The normalized spacial score (nSPS) is 21.8. The predicted molar refractivity (Wildman–Crippen MR) is 73.5 cm³/mol. The summed E-state index contributed by atoms with van der Waals surface area (Å²) in [5.74, 6) is 0.816. The maximum absolute atomic E-state index is 12.2. The average molecular weight is 298 g/mol. The topological polar surface area (TPSA) is 56.8 Å². The van der Waals surface area contributed by atoms with Gasteiger partial charge in [-0.1, -0.05) is 11.6 Å². The first-order chi connectivity index (χ1) is 9.65. The highest BCUT2D eigenvalue weighted by molar-refractivity contribution is 6.32. The largest absolute Gasteiger partial charge is 0.454 e. The zero-order valence-electron chi connectivity index (χ0n) is 11.1. The molecule has 0 saturated carbocycles. The Bertz CT molecular complexity index is 528. The Kier molecular flexibility index (Phi) is 3.72. The van der Waals surface area contributed by atoms with Gasteiger partial charge in [-0.15, -0.1) is 0 Å². The molecule has 0 aliphatic carbocycles. The van der Waals surface area contributed by atoms with Gasteiger partial charge in [0.15, 0.2) is 11.5 Å². The minimum absolute atomic E-state index is 0.0331. The summed E-state index contributed by atoms with van der Waals surface area (Å²) in [4.78, 5) is 12.2. The highest BCUT2D eigenvalue weighted by Crippen LogP contribution is 2.39. The van der Waals surface area contributed by atoms with Crippen LogP contribution in [0, 0.1) is 0 Å². The molecule has 2 heterocycles. The summed E-state index contributed by atoms with van der Waals surface area (Å²) >= 11 is 6.07. The number of benzene rings is 1. The number of halogens is 1. The van der Waals surface area contributed by atoms with Crippen molar-refractivity contribution in [2.45, 2.75) is 31.9 Å².